The van der Waals surface area contributed by atoms with Crippen LogP contribution in [0.4, 0.5) is 0 Å². The molecule has 1 amide bonds. The second-order valence-corrected chi connectivity index (χ2v) is 6.19. The number of nitrogens with zero attached hydrogens (tertiary/aromatic N) is 1. The Morgan fingerprint density at radius 2 is 2.10 bits per heavy atom. The molecule has 1 fully saturated rings. The molecule has 0 aromatic heterocycles. The average Bonchev–Trinajstić information content (AvgIpc) is 2.45. The number of rotatable bonds is 4. The number of halogens is 1. The number of ether oxygens (including phenoxy) is 1. The van der Waals surface area contributed by atoms with Gasteiger partial charge in [0.25, 0.3) is 5.91 Å². The highest BCUT2D eigenvalue weighted by molar-refractivity contribution is 6.32. The first kappa shape index (κ1) is 16.1. The van der Waals surface area contributed by atoms with Crippen LogP contribution in [0.5, 0.6) is 5.75 Å². The van der Waals surface area contributed by atoms with Gasteiger partial charge in [-0.25, -0.2) is 0 Å². The van der Waals surface area contributed by atoms with Gasteiger partial charge < -0.3 is 15.0 Å². The van der Waals surface area contributed by atoms with E-state index in [1.54, 1.807) is 13.0 Å². The summed E-state index contributed by atoms with van der Waals surface area (Å²) in [6.45, 7) is 5.75. The van der Waals surface area contributed by atoms with Crippen molar-refractivity contribution < 1.29 is 9.53 Å². The molecule has 0 radical (unpaired) electrons. The fraction of sp³-hybridized carbons (Fsp3) is 0.562. The van der Waals surface area contributed by atoms with Crippen LogP contribution in [0, 0.1) is 6.92 Å². The summed E-state index contributed by atoms with van der Waals surface area (Å²) in [5.41, 5.74) is 1.05. The third kappa shape index (κ3) is 4.61. The zero-order chi connectivity index (χ0) is 15.4. The average molecular weight is 311 g/mol. The predicted molar refractivity (Wildman–Crippen MR) is 84.9 cm³/mol. The minimum Gasteiger partial charge on any atom is -0.479 e. The summed E-state index contributed by atoms with van der Waals surface area (Å²) in [5, 5.41) is 3.59. The van der Waals surface area contributed by atoms with E-state index >= 15 is 0 Å². The fourth-order valence-electron chi connectivity index (χ4n) is 2.42. The van der Waals surface area contributed by atoms with E-state index < -0.39 is 6.10 Å². The molecular weight excluding hydrogens is 288 g/mol. The second kappa shape index (κ2) is 7.14. The molecule has 0 bridgehead atoms. The Kier molecular flexibility index (Phi) is 5.48. The van der Waals surface area contributed by atoms with Gasteiger partial charge in [0.1, 0.15) is 5.75 Å². The smallest absolute Gasteiger partial charge is 0.260 e. The van der Waals surface area contributed by atoms with E-state index in [2.05, 4.69) is 17.3 Å². The first-order valence-corrected chi connectivity index (χ1v) is 7.75. The maximum atomic E-state index is 12.2. The summed E-state index contributed by atoms with van der Waals surface area (Å²) < 4.78 is 5.70. The quantitative estimate of drug-likeness (QED) is 0.929. The van der Waals surface area contributed by atoms with E-state index in [0.717, 1.165) is 31.5 Å². The molecule has 1 heterocycles. The monoisotopic (exact) mass is 310 g/mol. The highest BCUT2D eigenvalue weighted by Gasteiger charge is 2.22. The molecule has 1 N–H and O–H groups in total. The van der Waals surface area contributed by atoms with Gasteiger partial charge in [0, 0.05) is 6.04 Å². The number of carbonyl (C=O) groups excluding carboxylic acids is 1. The normalized spacial score (nSPS) is 18.3. The third-order valence-corrected chi connectivity index (χ3v) is 4.14. The van der Waals surface area contributed by atoms with Crippen molar-refractivity contribution in [1.82, 2.24) is 10.2 Å². The topological polar surface area (TPSA) is 41.6 Å². The Morgan fingerprint density at radius 1 is 1.43 bits per heavy atom. The van der Waals surface area contributed by atoms with Gasteiger partial charge in [0.2, 0.25) is 0 Å². The first-order valence-electron chi connectivity index (χ1n) is 7.37. The second-order valence-electron chi connectivity index (χ2n) is 5.78. The van der Waals surface area contributed by atoms with Crippen molar-refractivity contribution >= 4 is 17.5 Å². The minimum atomic E-state index is -0.552. The van der Waals surface area contributed by atoms with Crippen LogP contribution in [0.25, 0.3) is 0 Å². The number of benzene rings is 1. The standard InChI is InChI=1S/C16H23ClN2O2/c1-11-4-5-14(17)15(10-11)21-12(2)16(20)18-13-6-8-19(3)9-7-13/h4-5,10,12-13H,6-9H2,1-3H3,(H,18,20). The van der Waals surface area contributed by atoms with E-state index in [1.165, 1.54) is 0 Å². The van der Waals surface area contributed by atoms with Crippen molar-refractivity contribution in [1.29, 1.82) is 0 Å². The third-order valence-electron chi connectivity index (χ3n) is 3.82. The van der Waals surface area contributed by atoms with Gasteiger partial charge in [0.15, 0.2) is 6.10 Å². The zero-order valence-electron chi connectivity index (χ0n) is 12.9. The SMILES string of the molecule is Cc1ccc(Cl)c(OC(C)C(=O)NC2CCN(C)CC2)c1. The van der Waals surface area contributed by atoms with Gasteiger partial charge in [-0.3, -0.25) is 4.79 Å². The summed E-state index contributed by atoms with van der Waals surface area (Å²) in [6.07, 6.45) is 1.42. The van der Waals surface area contributed by atoms with Crippen LogP contribution in [0.15, 0.2) is 18.2 Å². The van der Waals surface area contributed by atoms with Crippen LogP contribution in [0.2, 0.25) is 5.02 Å². The van der Waals surface area contributed by atoms with E-state index in [0.29, 0.717) is 10.8 Å². The van der Waals surface area contributed by atoms with Crippen molar-refractivity contribution in [3.8, 4) is 5.75 Å². The summed E-state index contributed by atoms with van der Waals surface area (Å²) in [5.74, 6) is 0.477. The summed E-state index contributed by atoms with van der Waals surface area (Å²) in [6, 6.07) is 5.79. The Labute approximate surface area is 131 Å². The van der Waals surface area contributed by atoms with Crippen molar-refractivity contribution in [2.24, 2.45) is 0 Å². The predicted octanol–water partition coefficient (Wildman–Crippen LogP) is 2.63. The Bertz CT molecular complexity index is 499. The Hall–Kier alpha value is -1.26. The first-order chi connectivity index (χ1) is 9.95. The van der Waals surface area contributed by atoms with Crippen LogP contribution in [-0.2, 0) is 4.79 Å². The van der Waals surface area contributed by atoms with E-state index in [-0.39, 0.29) is 11.9 Å². The van der Waals surface area contributed by atoms with Gasteiger partial charge in [-0.15, -0.1) is 0 Å². The van der Waals surface area contributed by atoms with E-state index in [4.69, 9.17) is 16.3 Å². The van der Waals surface area contributed by atoms with E-state index in [9.17, 15) is 4.79 Å². The summed E-state index contributed by atoms with van der Waals surface area (Å²) in [4.78, 5) is 14.5. The molecule has 1 aromatic rings. The molecule has 1 saturated heterocycles. The summed E-state index contributed by atoms with van der Waals surface area (Å²) in [7, 11) is 2.10. The van der Waals surface area contributed by atoms with Crippen LogP contribution in [0.3, 0.4) is 0 Å². The molecule has 0 saturated carbocycles. The minimum absolute atomic E-state index is 0.0814. The van der Waals surface area contributed by atoms with Crippen LogP contribution in [-0.4, -0.2) is 43.1 Å². The molecule has 1 aromatic carbocycles. The zero-order valence-corrected chi connectivity index (χ0v) is 13.6. The van der Waals surface area contributed by atoms with Crippen molar-refractivity contribution in [3.05, 3.63) is 28.8 Å². The lowest BCUT2D eigenvalue weighted by Gasteiger charge is -2.30. The highest BCUT2D eigenvalue weighted by atomic mass is 35.5. The number of piperidine rings is 1. The maximum Gasteiger partial charge on any atom is 0.260 e. The van der Waals surface area contributed by atoms with Gasteiger partial charge in [-0.1, -0.05) is 17.7 Å². The van der Waals surface area contributed by atoms with Gasteiger partial charge in [-0.2, -0.15) is 0 Å². The molecule has 1 atom stereocenters. The lowest BCUT2D eigenvalue weighted by Crippen LogP contribution is -2.47. The largest absolute Gasteiger partial charge is 0.479 e. The summed E-state index contributed by atoms with van der Waals surface area (Å²) >= 11 is 6.09. The van der Waals surface area contributed by atoms with Crippen LogP contribution in [0.1, 0.15) is 25.3 Å². The molecule has 5 heteroatoms. The number of likely N-dealkylation sites (tertiary alicyclic amines) is 1. The number of aryl methyl sites for hydroxylation is 1. The molecule has 21 heavy (non-hydrogen) atoms. The number of hydrogen-bond donors (Lipinski definition) is 1. The van der Waals surface area contributed by atoms with Crippen molar-refractivity contribution in [3.63, 3.8) is 0 Å². The molecule has 1 aliphatic heterocycles. The molecule has 116 valence electrons. The number of nitrogens with one attached hydrogen (secondary N) is 1. The molecule has 1 unspecified atom stereocenters. The fourth-order valence-corrected chi connectivity index (χ4v) is 2.58. The van der Waals surface area contributed by atoms with Crippen LogP contribution >= 0.6 is 11.6 Å². The number of amides is 1. The number of carbonyl (C=O) groups is 1. The van der Waals surface area contributed by atoms with Crippen molar-refractivity contribution in [2.75, 3.05) is 20.1 Å². The molecular formula is C16H23ClN2O2. The Balaban J connectivity index is 1.89. The van der Waals surface area contributed by atoms with Crippen molar-refractivity contribution in [2.45, 2.75) is 38.8 Å². The maximum absolute atomic E-state index is 12.2. The lowest BCUT2D eigenvalue weighted by atomic mass is 10.1. The lowest BCUT2D eigenvalue weighted by molar-refractivity contribution is -0.128. The van der Waals surface area contributed by atoms with Crippen LogP contribution < -0.4 is 10.1 Å². The van der Waals surface area contributed by atoms with E-state index in [1.807, 2.05) is 19.1 Å². The molecule has 0 spiro atoms. The molecule has 4 nitrogen and oxygen atoms in total. The van der Waals surface area contributed by atoms with Gasteiger partial charge in [0.05, 0.1) is 5.02 Å². The number of hydrogen-bond acceptors (Lipinski definition) is 3. The molecule has 2 rings (SSSR count). The van der Waals surface area contributed by atoms with Gasteiger partial charge >= 0.3 is 0 Å². The molecule has 1 aliphatic rings. The highest BCUT2D eigenvalue weighted by Crippen LogP contribution is 2.26. The Morgan fingerprint density at radius 3 is 2.76 bits per heavy atom. The molecule has 0 aliphatic carbocycles. The van der Waals surface area contributed by atoms with Gasteiger partial charge in [-0.05, 0) is 64.5 Å².